The smallest absolute Gasteiger partial charge is 0.0860 e. The van der Waals surface area contributed by atoms with E-state index in [1.807, 2.05) is 0 Å². The molecule has 0 radical (unpaired) electrons. The van der Waals surface area contributed by atoms with Crippen LogP contribution < -0.4 is 0 Å². The van der Waals surface area contributed by atoms with Crippen LogP contribution in [0.1, 0.15) is 25.3 Å². The van der Waals surface area contributed by atoms with Gasteiger partial charge >= 0.3 is 0 Å². The van der Waals surface area contributed by atoms with Gasteiger partial charge in [0.1, 0.15) is 0 Å². The Morgan fingerprint density at radius 2 is 2.06 bits per heavy atom. The molecular formula is C15H19BrN2. The minimum atomic E-state index is 0.590. The van der Waals surface area contributed by atoms with Gasteiger partial charge in [-0.2, -0.15) is 0 Å². The summed E-state index contributed by atoms with van der Waals surface area (Å²) in [5.74, 6) is 0. The van der Waals surface area contributed by atoms with Crippen LogP contribution in [-0.4, -0.2) is 29.6 Å². The summed E-state index contributed by atoms with van der Waals surface area (Å²) >= 11 is 3.74. The second kappa shape index (κ2) is 5.06. The normalized spacial score (nSPS) is 22.2. The average Bonchev–Trinajstić information content (AvgIpc) is 2.53. The maximum atomic E-state index is 3.74. The second-order valence-corrected chi connectivity index (χ2v) is 6.12. The van der Waals surface area contributed by atoms with Crippen LogP contribution >= 0.6 is 15.9 Å². The summed E-state index contributed by atoms with van der Waals surface area (Å²) in [6.45, 7) is 2.38. The van der Waals surface area contributed by atoms with Gasteiger partial charge in [0.2, 0.25) is 0 Å². The molecule has 96 valence electrons. The highest BCUT2D eigenvalue weighted by molar-refractivity contribution is 9.10. The van der Waals surface area contributed by atoms with Gasteiger partial charge in [-0.1, -0.05) is 24.6 Å². The maximum Gasteiger partial charge on any atom is 0.0860 e. The molecule has 0 amide bonds. The number of nitrogens with zero attached hydrogens (tertiary/aromatic N) is 2. The maximum absolute atomic E-state index is 3.74. The van der Waals surface area contributed by atoms with Gasteiger partial charge in [0.25, 0.3) is 0 Å². The summed E-state index contributed by atoms with van der Waals surface area (Å²) in [6, 6.07) is 11.5. The first-order chi connectivity index (χ1) is 8.75. The number of para-hydroxylation sites is 1. The third-order valence-corrected chi connectivity index (χ3v) is 4.53. The molecule has 18 heavy (non-hydrogen) atoms. The van der Waals surface area contributed by atoms with E-state index in [9.17, 15) is 0 Å². The molecule has 1 fully saturated rings. The Labute approximate surface area is 117 Å². The lowest BCUT2D eigenvalue weighted by atomic mass is 10.1. The lowest BCUT2D eigenvalue weighted by molar-refractivity contribution is 0.300. The highest BCUT2D eigenvalue weighted by Gasteiger charge is 2.20. The number of aromatic nitrogens is 1. The van der Waals surface area contributed by atoms with Crippen molar-refractivity contribution < 1.29 is 0 Å². The van der Waals surface area contributed by atoms with Crippen molar-refractivity contribution in [2.45, 2.75) is 25.3 Å². The molecule has 0 aliphatic carbocycles. The summed E-state index contributed by atoms with van der Waals surface area (Å²) in [5.41, 5.74) is 1.35. The van der Waals surface area contributed by atoms with Gasteiger partial charge in [-0.05, 0) is 54.5 Å². The molecule has 1 saturated heterocycles. The van der Waals surface area contributed by atoms with E-state index in [0.717, 1.165) is 6.54 Å². The van der Waals surface area contributed by atoms with Crippen molar-refractivity contribution in [1.29, 1.82) is 0 Å². The standard InChI is InChI=1S/C15H19BrN2/c1-17-9-5-4-7-13(11-17)18-14-8-3-2-6-12(14)10-15(18)16/h2-3,6,8,10,13H,4-5,7,9,11H2,1H3. The van der Waals surface area contributed by atoms with Crippen LogP contribution in [0.2, 0.25) is 0 Å². The minimum absolute atomic E-state index is 0.590. The van der Waals surface area contributed by atoms with Crippen molar-refractivity contribution in [2.75, 3.05) is 20.1 Å². The highest BCUT2D eigenvalue weighted by Crippen LogP contribution is 2.31. The predicted octanol–water partition coefficient (Wildman–Crippen LogP) is 4.06. The third-order valence-electron chi connectivity index (χ3n) is 3.92. The SMILES string of the molecule is CN1CCCCC(n2c(Br)cc3ccccc32)C1. The zero-order chi connectivity index (χ0) is 12.5. The van der Waals surface area contributed by atoms with Gasteiger partial charge in [-0.3, -0.25) is 0 Å². The number of likely N-dealkylation sites (tertiary alicyclic amines) is 1. The van der Waals surface area contributed by atoms with Crippen LogP contribution in [0, 0.1) is 0 Å². The van der Waals surface area contributed by atoms with Crippen molar-refractivity contribution in [3.05, 3.63) is 34.9 Å². The van der Waals surface area contributed by atoms with Gasteiger partial charge in [0.15, 0.2) is 0 Å². The van der Waals surface area contributed by atoms with Crippen LogP contribution in [-0.2, 0) is 0 Å². The number of rotatable bonds is 1. The summed E-state index contributed by atoms with van der Waals surface area (Å²) in [5, 5.41) is 1.33. The van der Waals surface area contributed by atoms with Gasteiger partial charge in [-0.25, -0.2) is 0 Å². The largest absolute Gasteiger partial charge is 0.331 e. The van der Waals surface area contributed by atoms with Crippen molar-refractivity contribution in [3.8, 4) is 0 Å². The summed E-state index contributed by atoms with van der Waals surface area (Å²) in [4.78, 5) is 2.46. The zero-order valence-electron chi connectivity index (χ0n) is 10.8. The van der Waals surface area contributed by atoms with E-state index >= 15 is 0 Å². The second-order valence-electron chi connectivity index (χ2n) is 5.31. The molecule has 1 unspecified atom stereocenters. The molecule has 2 heterocycles. The van der Waals surface area contributed by atoms with Crippen molar-refractivity contribution in [2.24, 2.45) is 0 Å². The van der Waals surface area contributed by atoms with E-state index in [4.69, 9.17) is 0 Å². The molecular weight excluding hydrogens is 288 g/mol. The first-order valence-electron chi connectivity index (χ1n) is 6.70. The zero-order valence-corrected chi connectivity index (χ0v) is 12.4. The fourth-order valence-corrected chi connectivity index (χ4v) is 3.76. The highest BCUT2D eigenvalue weighted by atomic mass is 79.9. The summed E-state index contributed by atoms with van der Waals surface area (Å²) in [7, 11) is 2.23. The Hall–Kier alpha value is -0.800. The van der Waals surface area contributed by atoms with Gasteiger partial charge < -0.3 is 9.47 Å². The molecule has 3 rings (SSSR count). The van der Waals surface area contributed by atoms with E-state index in [0.29, 0.717) is 6.04 Å². The predicted molar refractivity (Wildman–Crippen MR) is 80.0 cm³/mol. The Kier molecular flexibility index (Phi) is 3.44. The molecule has 2 nitrogen and oxygen atoms in total. The third kappa shape index (κ3) is 2.21. The Morgan fingerprint density at radius 3 is 2.94 bits per heavy atom. The topological polar surface area (TPSA) is 8.17 Å². The first-order valence-corrected chi connectivity index (χ1v) is 7.49. The van der Waals surface area contributed by atoms with Crippen molar-refractivity contribution in [1.82, 2.24) is 9.47 Å². The molecule has 0 spiro atoms. The molecule has 0 bridgehead atoms. The fourth-order valence-electron chi connectivity index (χ4n) is 3.03. The van der Waals surface area contributed by atoms with Crippen molar-refractivity contribution >= 4 is 26.8 Å². The van der Waals surface area contributed by atoms with Crippen LogP contribution in [0.15, 0.2) is 34.9 Å². The van der Waals surface area contributed by atoms with Crippen molar-refractivity contribution in [3.63, 3.8) is 0 Å². The fraction of sp³-hybridized carbons (Fsp3) is 0.467. The minimum Gasteiger partial charge on any atom is -0.331 e. The number of hydrogen-bond acceptors (Lipinski definition) is 1. The lowest BCUT2D eigenvalue weighted by Gasteiger charge is -2.23. The number of halogens is 1. The quantitative estimate of drug-likeness (QED) is 0.771. The van der Waals surface area contributed by atoms with Crippen LogP contribution in [0.25, 0.3) is 10.9 Å². The summed E-state index contributed by atoms with van der Waals surface area (Å²) < 4.78 is 3.68. The van der Waals surface area contributed by atoms with Crippen LogP contribution in [0.3, 0.4) is 0 Å². The molecule has 0 saturated carbocycles. The molecule has 1 aromatic carbocycles. The Bertz CT molecular complexity index is 546. The van der Waals surface area contributed by atoms with Gasteiger partial charge in [0.05, 0.1) is 4.60 Å². The monoisotopic (exact) mass is 306 g/mol. The number of likely N-dealkylation sites (N-methyl/N-ethyl adjacent to an activating group) is 1. The molecule has 1 aromatic heterocycles. The van der Waals surface area contributed by atoms with Gasteiger partial charge in [-0.15, -0.1) is 0 Å². The molecule has 1 aliphatic rings. The molecule has 0 N–H and O–H groups in total. The first kappa shape index (κ1) is 12.2. The van der Waals surface area contributed by atoms with Gasteiger partial charge in [0, 0.05) is 23.5 Å². The average molecular weight is 307 g/mol. The van der Waals surface area contributed by atoms with Crippen LogP contribution in [0.5, 0.6) is 0 Å². The van der Waals surface area contributed by atoms with E-state index in [1.54, 1.807) is 0 Å². The van der Waals surface area contributed by atoms with E-state index < -0.39 is 0 Å². The lowest BCUT2D eigenvalue weighted by Crippen LogP contribution is -2.26. The molecule has 2 aromatic rings. The number of benzene rings is 1. The number of hydrogen-bond donors (Lipinski definition) is 0. The van der Waals surface area contributed by atoms with Crippen LogP contribution in [0.4, 0.5) is 0 Å². The van der Waals surface area contributed by atoms with E-state index in [-0.39, 0.29) is 0 Å². The Balaban J connectivity index is 2.04. The summed E-state index contributed by atoms with van der Waals surface area (Å²) in [6.07, 6.45) is 3.93. The Morgan fingerprint density at radius 1 is 1.22 bits per heavy atom. The van der Waals surface area contributed by atoms with E-state index in [1.165, 1.54) is 41.3 Å². The number of fused-ring (bicyclic) bond motifs is 1. The van der Waals surface area contributed by atoms with E-state index in [2.05, 4.69) is 62.8 Å². The molecule has 1 atom stereocenters. The molecule has 1 aliphatic heterocycles. The molecule has 3 heteroatoms.